The van der Waals surface area contributed by atoms with Gasteiger partial charge in [-0.15, -0.1) is 0 Å². The predicted molar refractivity (Wildman–Crippen MR) is 84.9 cm³/mol. The molecule has 126 valence electrons. The van der Waals surface area contributed by atoms with Gasteiger partial charge in [-0.1, -0.05) is 5.16 Å². The molecule has 0 amide bonds. The van der Waals surface area contributed by atoms with Crippen LogP contribution in [0.1, 0.15) is 29.1 Å². The third-order valence-electron chi connectivity index (χ3n) is 4.30. The van der Waals surface area contributed by atoms with Gasteiger partial charge >= 0.3 is 0 Å². The number of aromatic nitrogens is 3. The molecule has 3 heterocycles. The summed E-state index contributed by atoms with van der Waals surface area (Å²) in [6.07, 6.45) is 2.56. The molecule has 0 saturated carbocycles. The van der Waals surface area contributed by atoms with Crippen molar-refractivity contribution in [2.75, 3.05) is 18.4 Å². The fourth-order valence-corrected chi connectivity index (χ4v) is 2.96. The van der Waals surface area contributed by atoms with Gasteiger partial charge in [-0.3, -0.25) is 4.90 Å². The minimum Gasteiger partial charge on any atom is -0.367 e. The molecule has 1 aliphatic rings. The lowest BCUT2D eigenvalue weighted by Crippen LogP contribution is -2.35. The summed E-state index contributed by atoms with van der Waals surface area (Å²) >= 11 is 0. The normalized spacial score (nSPS) is 20.9. The van der Waals surface area contributed by atoms with Gasteiger partial charge in [-0.25, -0.2) is 14.4 Å². The van der Waals surface area contributed by atoms with Crippen molar-refractivity contribution in [3.63, 3.8) is 0 Å². The lowest BCUT2D eigenvalue weighted by Gasteiger charge is -2.24. The molecule has 0 aromatic carbocycles. The van der Waals surface area contributed by atoms with Crippen LogP contribution in [0.4, 0.5) is 10.2 Å². The molecule has 0 bridgehead atoms. The van der Waals surface area contributed by atoms with Crippen LogP contribution in [0.5, 0.6) is 0 Å². The highest BCUT2D eigenvalue weighted by Gasteiger charge is 2.33. The van der Waals surface area contributed by atoms with Crippen LogP contribution in [0.15, 0.2) is 16.9 Å². The van der Waals surface area contributed by atoms with Crippen LogP contribution in [-0.2, 0) is 6.54 Å². The first-order valence-corrected chi connectivity index (χ1v) is 7.82. The third-order valence-corrected chi connectivity index (χ3v) is 4.30. The van der Waals surface area contributed by atoms with Crippen LogP contribution >= 0.6 is 0 Å². The highest BCUT2D eigenvalue weighted by atomic mass is 19.1. The van der Waals surface area contributed by atoms with Crippen molar-refractivity contribution in [1.82, 2.24) is 20.0 Å². The Bertz CT molecular complexity index is 719. The van der Waals surface area contributed by atoms with E-state index < -0.39 is 6.17 Å². The molecule has 8 heteroatoms. The Morgan fingerprint density at radius 3 is 2.88 bits per heavy atom. The van der Waals surface area contributed by atoms with Crippen molar-refractivity contribution in [3.05, 3.63) is 35.1 Å². The molecule has 0 aliphatic carbocycles. The van der Waals surface area contributed by atoms with E-state index in [1.54, 1.807) is 0 Å². The highest BCUT2D eigenvalue weighted by molar-refractivity contribution is 5.33. The van der Waals surface area contributed by atoms with Crippen molar-refractivity contribution in [1.29, 1.82) is 5.26 Å². The van der Waals surface area contributed by atoms with Crippen molar-refractivity contribution < 1.29 is 8.91 Å². The van der Waals surface area contributed by atoms with Crippen molar-refractivity contribution in [2.45, 2.75) is 39.0 Å². The Morgan fingerprint density at radius 1 is 1.42 bits per heavy atom. The molecule has 2 aromatic rings. The smallest absolute Gasteiger partial charge is 0.158 e. The number of hydrogen-bond acceptors (Lipinski definition) is 7. The molecule has 0 spiro atoms. The van der Waals surface area contributed by atoms with Gasteiger partial charge in [0.1, 0.15) is 23.8 Å². The quantitative estimate of drug-likeness (QED) is 0.896. The summed E-state index contributed by atoms with van der Waals surface area (Å²) < 4.78 is 19.1. The summed E-state index contributed by atoms with van der Waals surface area (Å²) in [5, 5.41) is 15.9. The van der Waals surface area contributed by atoms with Gasteiger partial charge in [0.25, 0.3) is 0 Å². The number of halogens is 1. The van der Waals surface area contributed by atoms with E-state index in [1.165, 1.54) is 12.4 Å². The van der Waals surface area contributed by atoms with E-state index >= 15 is 0 Å². The Labute approximate surface area is 139 Å². The lowest BCUT2D eigenvalue weighted by molar-refractivity contribution is 0.239. The molecule has 1 N–H and O–H groups in total. The zero-order chi connectivity index (χ0) is 17.1. The fraction of sp³-hybridized carbons (Fsp3) is 0.500. The average Bonchev–Trinajstić information content (AvgIpc) is 3.10. The van der Waals surface area contributed by atoms with Gasteiger partial charge < -0.3 is 9.84 Å². The van der Waals surface area contributed by atoms with Crippen LogP contribution in [0.2, 0.25) is 0 Å². The standard InChI is InChI=1S/C16H19FN6O/c1-10-15(11(2)24-22-10)9-23-8-12(17)3-14(23)6-21-16-7-19-13(4-18)5-20-16/h5,7,12,14H,3,6,8-9H2,1-2H3,(H,20,21)/t12-,14-/m0/s1. The van der Waals surface area contributed by atoms with Crippen LogP contribution in [0, 0.1) is 25.2 Å². The number of nitrogens with zero attached hydrogens (tertiary/aromatic N) is 5. The summed E-state index contributed by atoms with van der Waals surface area (Å²) in [4.78, 5) is 10.2. The maximum absolute atomic E-state index is 13.9. The molecule has 1 fully saturated rings. The minimum absolute atomic E-state index is 0.0474. The highest BCUT2D eigenvalue weighted by Crippen LogP contribution is 2.25. The average molecular weight is 330 g/mol. The molecule has 1 saturated heterocycles. The summed E-state index contributed by atoms with van der Waals surface area (Å²) in [5.41, 5.74) is 2.14. The Balaban J connectivity index is 1.63. The fourth-order valence-electron chi connectivity index (χ4n) is 2.96. The number of likely N-dealkylation sites (tertiary alicyclic amines) is 1. The van der Waals surface area contributed by atoms with Crippen LogP contribution in [0.25, 0.3) is 0 Å². The zero-order valence-electron chi connectivity index (χ0n) is 13.7. The number of anilines is 1. The maximum Gasteiger partial charge on any atom is 0.158 e. The van der Waals surface area contributed by atoms with Crippen LogP contribution < -0.4 is 5.32 Å². The van der Waals surface area contributed by atoms with E-state index in [0.29, 0.717) is 31.9 Å². The molecule has 1 aliphatic heterocycles. The van der Waals surface area contributed by atoms with Gasteiger partial charge in [0.05, 0.1) is 18.1 Å². The number of alkyl halides is 1. The molecule has 24 heavy (non-hydrogen) atoms. The molecule has 7 nitrogen and oxygen atoms in total. The predicted octanol–water partition coefficient (Wildman–Crippen LogP) is 1.98. The Morgan fingerprint density at radius 2 is 2.25 bits per heavy atom. The molecule has 3 rings (SSSR count). The number of nitriles is 1. The van der Waals surface area contributed by atoms with Crippen LogP contribution in [0.3, 0.4) is 0 Å². The molecular formula is C16H19FN6O. The van der Waals surface area contributed by atoms with E-state index in [9.17, 15) is 4.39 Å². The van der Waals surface area contributed by atoms with Gasteiger partial charge in [-0.05, 0) is 20.3 Å². The maximum atomic E-state index is 13.9. The van der Waals surface area contributed by atoms with E-state index in [-0.39, 0.29) is 11.7 Å². The van der Waals surface area contributed by atoms with E-state index in [0.717, 1.165) is 17.0 Å². The summed E-state index contributed by atoms with van der Waals surface area (Å²) in [7, 11) is 0. The molecule has 0 radical (unpaired) electrons. The van der Waals surface area contributed by atoms with Crippen LogP contribution in [-0.4, -0.2) is 45.3 Å². The number of hydrogen-bond donors (Lipinski definition) is 1. The molecule has 2 aromatic heterocycles. The number of rotatable bonds is 5. The first-order chi connectivity index (χ1) is 11.6. The van der Waals surface area contributed by atoms with Crippen molar-refractivity contribution in [3.8, 4) is 6.07 Å². The zero-order valence-corrected chi connectivity index (χ0v) is 13.7. The SMILES string of the molecule is Cc1noc(C)c1CN1C[C@@H](F)C[C@H]1CNc1cnc(C#N)cn1. The van der Waals surface area contributed by atoms with E-state index in [4.69, 9.17) is 9.78 Å². The van der Waals surface area contributed by atoms with Crippen molar-refractivity contribution >= 4 is 5.82 Å². The second-order valence-corrected chi connectivity index (χ2v) is 6.00. The van der Waals surface area contributed by atoms with Gasteiger partial charge in [-0.2, -0.15) is 5.26 Å². The van der Waals surface area contributed by atoms with Crippen molar-refractivity contribution in [2.24, 2.45) is 0 Å². The monoisotopic (exact) mass is 330 g/mol. The summed E-state index contributed by atoms with van der Waals surface area (Å²) in [6, 6.07) is 1.97. The summed E-state index contributed by atoms with van der Waals surface area (Å²) in [5.74, 6) is 1.35. The summed E-state index contributed by atoms with van der Waals surface area (Å²) in [6.45, 7) is 5.35. The topological polar surface area (TPSA) is 90.9 Å². The lowest BCUT2D eigenvalue weighted by atomic mass is 10.1. The number of nitrogens with one attached hydrogen (secondary N) is 1. The Kier molecular flexibility index (Phi) is 4.71. The molecular weight excluding hydrogens is 311 g/mol. The van der Waals surface area contributed by atoms with E-state index in [1.807, 2.05) is 19.9 Å². The van der Waals surface area contributed by atoms with Gasteiger partial charge in [0.15, 0.2) is 5.69 Å². The first kappa shape index (κ1) is 16.3. The Hall–Kier alpha value is -2.53. The molecule has 2 atom stereocenters. The first-order valence-electron chi connectivity index (χ1n) is 7.82. The van der Waals surface area contributed by atoms with Gasteiger partial charge in [0, 0.05) is 31.2 Å². The third kappa shape index (κ3) is 3.51. The second kappa shape index (κ2) is 6.93. The molecule has 0 unspecified atom stereocenters. The van der Waals surface area contributed by atoms with Gasteiger partial charge in [0.2, 0.25) is 0 Å². The minimum atomic E-state index is -0.843. The second-order valence-electron chi connectivity index (χ2n) is 6.00. The number of aryl methyl sites for hydroxylation is 2. The largest absolute Gasteiger partial charge is 0.367 e. The van der Waals surface area contributed by atoms with E-state index in [2.05, 4.69) is 25.3 Å².